The molecule has 4 N–H and O–H groups in total. The molecule has 0 bridgehead atoms. The molecule has 0 fully saturated rings. The molecule has 0 amide bonds. The monoisotopic (exact) mass is 472 g/mol. The Labute approximate surface area is 156 Å². The summed E-state index contributed by atoms with van der Waals surface area (Å²) in [5, 5.41) is 28.3. The first-order chi connectivity index (χ1) is 8.00. The molecule has 9 heteroatoms. The van der Waals surface area contributed by atoms with Crippen LogP contribution in [-0.2, 0) is 0 Å². The first-order valence-electron chi connectivity index (χ1n) is 7.00. The average Bonchev–Trinajstić information content (AvgIpc) is 1.62. The molecule has 0 rings (SSSR count). The molecule has 4 nitrogen and oxygen atoms in total. The Morgan fingerprint density at radius 2 is 0.333 bits per heavy atom. The fourth-order valence-electron chi connectivity index (χ4n) is 0. The van der Waals surface area contributed by atoms with E-state index in [2.05, 4.69) is 0 Å². The minimum absolute atomic E-state index is 0. The Kier molecular flexibility index (Phi) is 22.5. The second-order valence-corrected chi connectivity index (χ2v) is 27.0. The van der Waals surface area contributed by atoms with E-state index in [4.69, 9.17) is 21.6 Å². The molecule has 128 valence electrons. The van der Waals surface area contributed by atoms with Crippen molar-refractivity contribution in [1.29, 1.82) is 0 Å². The van der Waals surface area contributed by atoms with E-state index >= 15 is 0 Å². The molecule has 0 radical (unpaired) electrons. The normalized spacial score (nSPS) is 11.4. The second kappa shape index (κ2) is 13.9. The van der Waals surface area contributed by atoms with E-state index in [0.29, 0.717) is 0 Å². The SMILES string of the molecule is C[Si](C)(C)[NH-].C[Si](C)(C)[NH-].C[Si](C)(C)[NH-].C[Si](C)(C)[NH-].[Sn+4]. The third kappa shape index (κ3) is 3610. The van der Waals surface area contributed by atoms with Crippen molar-refractivity contribution in [1.82, 2.24) is 0 Å². The van der Waals surface area contributed by atoms with Crippen LogP contribution in [0.3, 0.4) is 0 Å². The van der Waals surface area contributed by atoms with Gasteiger partial charge in [-0.15, -0.1) is 0 Å². The molecule has 0 aliphatic heterocycles. The van der Waals surface area contributed by atoms with Crippen molar-refractivity contribution >= 4 is 56.8 Å². The standard InChI is InChI=1S/4C3H10NSi.Sn/c4*1-5(2,3)4;/h4*4H,1-3H3;/q4*-1;+4. The molecule has 0 atom stereocenters. The molecule has 0 aliphatic carbocycles. The van der Waals surface area contributed by atoms with Gasteiger partial charge in [-0.05, 0) is 0 Å². The molecular weight excluding hydrogens is 431 g/mol. The van der Waals surface area contributed by atoms with Crippen molar-refractivity contribution in [2.45, 2.75) is 78.6 Å². The van der Waals surface area contributed by atoms with Crippen LogP contribution in [-0.4, -0.2) is 56.8 Å². The van der Waals surface area contributed by atoms with Crippen LogP contribution < -0.4 is 0 Å². The van der Waals surface area contributed by atoms with Crippen molar-refractivity contribution < 1.29 is 0 Å². The Balaban J connectivity index is -0.0000000533. The average molecular weight is 472 g/mol. The molecule has 21 heavy (non-hydrogen) atoms. The minimum atomic E-state index is -1.36. The molecule has 0 aliphatic rings. The van der Waals surface area contributed by atoms with E-state index < -0.39 is 32.9 Å². The summed E-state index contributed by atoms with van der Waals surface area (Å²) in [4.78, 5) is 0. The second-order valence-electron chi connectivity index (χ2n) is 9.00. The van der Waals surface area contributed by atoms with E-state index in [1.807, 2.05) is 78.6 Å². The Morgan fingerprint density at radius 3 is 0.333 bits per heavy atom. The molecule has 0 aromatic carbocycles. The van der Waals surface area contributed by atoms with Crippen molar-refractivity contribution in [2.75, 3.05) is 0 Å². The van der Waals surface area contributed by atoms with Gasteiger partial charge in [-0.1, -0.05) is 112 Å². The fourth-order valence-corrected chi connectivity index (χ4v) is 0. The Morgan fingerprint density at radius 1 is 0.333 bits per heavy atom. The van der Waals surface area contributed by atoms with Gasteiger partial charge < -0.3 is 21.6 Å². The van der Waals surface area contributed by atoms with Gasteiger partial charge in [-0.25, -0.2) is 0 Å². The van der Waals surface area contributed by atoms with Gasteiger partial charge >= 0.3 is 23.9 Å². The van der Waals surface area contributed by atoms with Crippen LogP contribution in [0.4, 0.5) is 0 Å². The molecule has 0 unspecified atom stereocenters. The van der Waals surface area contributed by atoms with Crippen LogP contribution in [0.15, 0.2) is 0 Å². The maximum Gasteiger partial charge on any atom is 4.00 e. The van der Waals surface area contributed by atoms with Gasteiger partial charge in [0.25, 0.3) is 0 Å². The van der Waals surface area contributed by atoms with Gasteiger partial charge in [0.15, 0.2) is 0 Å². The van der Waals surface area contributed by atoms with Crippen molar-refractivity contribution in [2.24, 2.45) is 0 Å². The van der Waals surface area contributed by atoms with Crippen LogP contribution in [0.5, 0.6) is 0 Å². The first-order valence-corrected chi connectivity index (χ1v) is 21.0. The van der Waals surface area contributed by atoms with E-state index in [1.54, 1.807) is 0 Å². The van der Waals surface area contributed by atoms with Crippen LogP contribution in [0.1, 0.15) is 0 Å². The topological polar surface area (TPSA) is 95.2 Å². The number of hydrogen-bond donors (Lipinski definition) is 0. The summed E-state index contributed by atoms with van der Waals surface area (Å²) in [5.41, 5.74) is 0. The zero-order valence-electron chi connectivity index (χ0n) is 16.5. The maximum atomic E-state index is 7.08. The summed E-state index contributed by atoms with van der Waals surface area (Å²) in [6.45, 7) is 23.9. The smallest absolute Gasteiger partial charge is 0.680 e. The van der Waals surface area contributed by atoms with Crippen molar-refractivity contribution in [3.05, 3.63) is 21.6 Å². The zero-order chi connectivity index (χ0) is 18.0. The summed E-state index contributed by atoms with van der Waals surface area (Å²) in [6.07, 6.45) is 0. The maximum absolute atomic E-state index is 7.08. The minimum Gasteiger partial charge on any atom is -0.680 e. The summed E-state index contributed by atoms with van der Waals surface area (Å²) < 4.78 is 0. The third-order valence-electron chi connectivity index (χ3n) is 0. The van der Waals surface area contributed by atoms with E-state index in [-0.39, 0.29) is 23.9 Å². The fraction of sp³-hybridized carbons (Fsp3) is 1.00. The number of rotatable bonds is 0. The predicted molar refractivity (Wildman–Crippen MR) is 116 cm³/mol. The largest absolute Gasteiger partial charge is 4.00 e. The summed E-state index contributed by atoms with van der Waals surface area (Å²) >= 11 is 0. The molecule has 0 saturated carbocycles. The molecule has 0 aromatic rings. The molecule has 0 saturated heterocycles. The van der Waals surface area contributed by atoms with Crippen LogP contribution in [0, 0.1) is 0 Å². The molecule has 0 heterocycles. The molecule has 0 aromatic heterocycles. The number of nitrogens with one attached hydrogen (secondary N) is 4. The van der Waals surface area contributed by atoms with Crippen LogP contribution >= 0.6 is 0 Å². The summed E-state index contributed by atoms with van der Waals surface area (Å²) in [7, 11) is -5.44. The van der Waals surface area contributed by atoms with E-state index in [1.165, 1.54) is 0 Å². The van der Waals surface area contributed by atoms with Crippen molar-refractivity contribution in [3.63, 3.8) is 0 Å². The van der Waals surface area contributed by atoms with Gasteiger partial charge in [-0.3, -0.25) is 0 Å². The van der Waals surface area contributed by atoms with Gasteiger partial charge in [0, 0.05) is 0 Å². The molecule has 0 spiro atoms. The Hall–Kier alpha value is 1.51. The Bertz CT molecular complexity index is 143. The third-order valence-corrected chi connectivity index (χ3v) is 0. The quantitative estimate of drug-likeness (QED) is 0.337. The van der Waals surface area contributed by atoms with Gasteiger partial charge in [0.2, 0.25) is 0 Å². The number of hydrogen-bond acceptors (Lipinski definition) is 0. The van der Waals surface area contributed by atoms with E-state index in [0.717, 1.165) is 0 Å². The van der Waals surface area contributed by atoms with Crippen molar-refractivity contribution in [3.8, 4) is 0 Å². The van der Waals surface area contributed by atoms with Gasteiger partial charge in [0.05, 0.1) is 0 Å². The predicted octanol–water partition coefficient (Wildman–Crippen LogP) is 7.11. The van der Waals surface area contributed by atoms with Gasteiger partial charge in [-0.2, -0.15) is 0 Å². The van der Waals surface area contributed by atoms with Gasteiger partial charge in [0.1, 0.15) is 0 Å². The van der Waals surface area contributed by atoms with Crippen LogP contribution in [0.2, 0.25) is 78.6 Å². The van der Waals surface area contributed by atoms with Crippen LogP contribution in [0.25, 0.3) is 21.6 Å². The first kappa shape index (κ1) is 34.0. The zero-order valence-corrected chi connectivity index (χ0v) is 23.4. The summed E-state index contributed by atoms with van der Waals surface area (Å²) in [5.74, 6) is 0. The molecular formula is C12H40N4Si4Sn. The summed E-state index contributed by atoms with van der Waals surface area (Å²) in [6, 6.07) is 0. The van der Waals surface area contributed by atoms with E-state index in [9.17, 15) is 0 Å².